The van der Waals surface area contributed by atoms with Crippen LogP contribution in [0.2, 0.25) is 0 Å². The summed E-state index contributed by atoms with van der Waals surface area (Å²) in [5.41, 5.74) is 3.90. The van der Waals surface area contributed by atoms with Gasteiger partial charge in [-0.25, -0.2) is 4.98 Å². The van der Waals surface area contributed by atoms with E-state index in [1.807, 2.05) is 61.5 Å². The van der Waals surface area contributed by atoms with Crippen molar-refractivity contribution in [1.82, 2.24) is 4.98 Å². The van der Waals surface area contributed by atoms with Gasteiger partial charge >= 0.3 is 0 Å². The molecule has 0 saturated carbocycles. The normalized spacial score (nSPS) is 18.3. The molecular weight excluding hydrogens is 482 g/mol. The van der Waals surface area contributed by atoms with E-state index in [0.29, 0.717) is 35.2 Å². The van der Waals surface area contributed by atoms with E-state index in [1.54, 1.807) is 29.3 Å². The first-order valence-corrected chi connectivity index (χ1v) is 12.3. The molecule has 38 heavy (non-hydrogen) atoms. The molecule has 1 spiro atoms. The van der Waals surface area contributed by atoms with E-state index in [2.05, 4.69) is 10.3 Å². The third-order valence-corrected chi connectivity index (χ3v) is 7.44. The highest BCUT2D eigenvalue weighted by atomic mass is 16.7. The molecular formula is C30H23N3O5. The van der Waals surface area contributed by atoms with Crippen molar-refractivity contribution in [1.29, 1.82) is 0 Å². The van der Waals surface area contributed by atoms with E-state index >= 15 is 0 Å². The van der Waals surface area contributed by atoms with Crippen LogP contribution in [0.5, 0.6) is 17.2 Å². The number of carbonyl (C=O) groups excluding carboxylic acids is 2. The van der Waals surface area contributed by atoms with Crippen LogP contribution in [0, 0.1) is 6.92 Å². The number of ether oxygens (including phenoxy) is 3. The number of pyridine rings is 1. The fourth-order valence-corrected chi connectivity index (χ4v) is 5.46. The Morgan fingerprint density at radius 3 is 2.55 bits per heavy atom. The Balaban J connectivity index is 1.18. The average Bonchev–Trinajstić information content (AvgIpc) is 3.62. The number of nitrogens with one attached hydrogen (secondary N) is 1. The van der Waals surface area contributed by atoms with Crippen molar-refractivity contribution in [2.45, 2.75) is 18.9 Å². The molecule has 3 aliphatic heterocycles. The fourth-order valence-electron chi connectivity index (χ4n) is 5.46. The van der Waals surface area contributed by atoms with Crippen molar-refractivity contribution in [3.05, 3.63) is 107 Å². The van der Waals surface area contributed by atoms with Gasteiger partial charge in [0.15, 0.2) is 11.5 Å². The van der Waals surface area contributed by atoms with E-state index in [9.17, 15) is 9.59 Å². The lowest BCUT2D eigenvalue weighted by Crippen LogP contribution is -2.42. The Hall–Kier alpha value is -4.85. The van der Waals surface area contributed by atoms with E-state index in [4.69, 9.17) is 14.2 Å². The predicted octanol–water partition coefficient (Wildman–Crippen LogP) is 4.60. The monoisotopic (exact) mass is 505 g/mol. The first-order valence-electron chi connectivity index (χ1n) is 12.3. The van der Waals surface area contributed by atoms with Crippen molar-refractivity contribution >= 4 is 23.3 Å². The maximum Gasteiger partial charge on any atom is 0.256 e. The summed E-state index contributed by atoms with van der Waals surface area (Å²) in [4.78, 5) is 32.9. The lowest BCUT2D eigenvalue weighted by atomic mass is 9.77. The average molecular weight is 506 g/mol. The molecule has 8 nitrogen and oxygen atoms in total. The number of aromatic nitrogens is 1. The quantitative estimate of drug-likeness (QED) is 0.436. The van der Waals surface area contributed by atoms with Crippen molar-refractivity contribution in [2.24, 2.45) is 0 Å². The minimum atomic E-state index is -0.951. The number of fused-ring (bicyclic) bond motifs is 5. The van der Waals surface area contributed by atoms with Crippen LogP contribution in [-0.2, 0) is 16.8 Å². The summed E-state index contributed by atoms with van der Waals surface area (Å²) in [6.45, 7) is 2.62. The first kappa shape index (κ1) is 22.4. The van der Waals surface area contributed by atoms with E-state index < -0.39 is 5.41 Å². The molecule has 8 heteroatoms. The summed E-state index contributed by atoms with van der Waals surface area (Å²) in [6, 6.07) is 22.5. The lowest BCUT2D eigenvalue weighted by molar-refractivity contribution is -0.122. The number of carbonyl (C=O) groups is 2. The van der Waals surface area contributed by atoms with Crippen molar-refractivity contribution in [3.8, 4) is 17.2 Å². The van der Waals surface area contributed by atoms with Crippen molar-refractivity contribution in [3.63, 3.8) is 0 Å². The summed E-state index contributed by atoms with van der Waals surface area (Å²) in [5.74, 6) is 2.12. The highest BCUT2D eigenvalue weighted by molar-refractivity contribution is 6.11. The molecule has 4 heterocycles. The van der Waals surface area contributed by atoms with Crippen molar-refractivity contribution in [2.75, 3.05) is 23.6 Å². The second-order valence-corrected chi connectivity index (χ2v) is 9.62. The smallest absolute Gasteiger partial charge is 0.256 e. The van der Waals surface area contributed by atoms with Crippen LogP contribution < -0.4 is 24.4 Å². The number of benzene rings is 3. The fraction of sp³-hybridized carbons (Fsp3) is 0.167. The summed E-state index contributed by atoms with van der Waals surface area (Å²) < 4.78 is 17.2. The van der Waals surface area contributed by atoms with Crippen LogP contribution in [0.15, 0.2) is 79.0 Å². The zero-order valence-corrected chi connectivity index (χ0v) is 20.6. The van der Waals surface area contributed by atoms with Crippen LogP contribution in [0.3, 0.4) is 0 Å². The van der Waals surface area contributed by atoms with Crippen LogP contribution in [0.1, 0.15) is 32.6 Å². The highest BCUT2D eigenvalue weighted by Crippen LogP contribution is 2.55. The van der Waals surface area contributed by atoms with Crippen LogP contribution in [0.4, 0.5) is 11.5 Å². The number of nitrogens with zero attached hydrogens (tertiary/aromatic N) is 2. The van der Waals surface area contributed by atoms with Gasteiger partial charge < -0.3 is 24.4 Å². The zero-order valence-electron chi connectivity index (χ0n) is 20.6. The molecule has 4 aromatic rings. The van der Waals surface area contributed by atoms with Crippen LogP contribution >= 0.6 is 0 Å². The molecule has 2 amide bonds. The molecule has 0 aliphatic carbocycles. The van der Waals surface area contributed by atoms with E-state index in [1.165, 1.54) is 0 Å². The molecule has 3 aromatic carbocycles. The largest absolute Gasteiger partial charge is 0.491 e. The molecule has 0 bridgehead atoms. The molecule has 3 aliphatic rings. The van der Waals surface area contributed by atoms with E-state index in [0.717, 1.165) is 27.9 Å². The number of amides is 2. The molecule has 1 unspecified atom stereocenters. The predicted molar refractivity (Wildman–Crippen MR) is 140 cm³/mol. The lowest BCUT2D eigenvalue weighted by Gasteiger charge is -2.23. The zero-order chi connectivity index (χ0) is 25.9. The number of hydrogen-bond donors (Lipinski definition) is 1. The standard InChI is InChI=1S/C30H23N3O5/c1-18-5-4-12-31-27(18)32-28(34)20-10-8-19(9-11-20)15-33-23-7-3-2-6-21(23)30(29(33)35)16-36-24-14-26-25(13-22(24)30)37-17-38-26/h2-14H,15-17H2,1H3,(H,31,32,34). The van der Waals surface area contributed by atoms with Crippen LogP contribution in [0.25, 0.3) is 0 Å². The number of aryl methyl sites for hydroxylation is 1. The summed E-state index contributed by atoms with van der Waals surface area (Å²) in [5, 5.41) is 2.85. The number of hydrogen-bond acceptors (Lipinski definition) is 6. The molecule has 1 N–H and O–H groups in total. The molecule has 1 atom stereocenters. The van der Waals surface area contributed by atoms with Gasteiger partial charge in [-0.05, 0) is 53.9 Å². The van der Waals surface area contributed by atoms with Gasteiger partial charge in [0.1, 0.15) is 23.6 Å². The Morgan fingerprint density at radius 2 is 1.74 bits per heavy atom. The van der Waals surface area contributed by atoms with Gasteiger partial charge in [-0.1, -0.05) is 36.4 Å². The SMILES string of the molecule is Cc1cccnc1NC(=O)c1ccc(CN2C(=O)C3(COc4cc5c(cc43)OCO5)c3ccccc32)cc1. The molecule has 1 aromatic heterocycles. The first-order chi connectivity index (χ1) is 18.5. The van der Waals surface area contributed by atoms with E-state index in [-0.39, 0.29) is 25.2 Å². The second-order valence-electron chi connectivity index (χ2n) is 9.62. The summed E-state index contributed by atoms with van der Waals surface area (Å²) in [7, 11) is 0. The van der Waals surface area contributed by atoms with Gasteiger partial charge in [0.2, 0.25) is 12.7 Å². The molecule has 7 rings (SSSR count). The van der Waals surface area contributed by atoms with Gasteiger partial charge in [0.05, 0.1) is 6.54 Å². The maximum atomic E-state index is 14.2. The van der Waals surface area contributed by atoms with Gasteiger partial charge in [-0.15, -0.1) is 0 Å². The topological polar surface area (TPSA) is 90.0 Å². The van der Waals surface area contributed by atoms with Gasteiger partial charge in [-0.2, -0.15) is 0 Å². The van der Waals surface area contributed by atoms with Gasteiger partial charge in [-0.3, -0.25) is 9.59 Å². The number of para-hydroxylation sites is 1. The minimum Gasteiger partial charge on any atom is -0.491 e. The van der Waals surface area contributed by atoms with Gasteiger partial charge in [0.25, 0.3) is 5.91 Å². The summed E-state index contributed by atoms with van der Waals surface area (Å²) >= 11 is 0. The van der Waals surface area contributed by atoms with Gasteiger partial charge in [0, 0.05) is 29.1 Å². The number of anilines is 2. The molecule has 0 radical (unpaired) electrons. The Bertz CT molecular complexity index is 1620. The molecule has 0 fully saturated rings. The maximum absolute atomic E-state index is 14.2. The molecule has 188 valence electrons. The highest BCUT2D eigenvalue weighted by Gasteiger charge is 2.57. The Labute approximate surface area is 218 Å². The van der Waals surface area contributed by atoms with Crippen LogP contribution in [-0.4, -0.2) is 30.2 Å². The summed E-state index contributed by atoms with van der Waals surface area (Å²) in [6.07, 6.45) is 1.64. The minimum absolute atomic E-state index is 0.0521. The second kappa shape index (κ2) is 8.34. The number of rotatable bonds is 4. The van der Waals surface area contributed by atoms with Crippen molar-refractivity contribution < 1.29 is 23.8 Å². The molecule has 0 saturated heterocycles. The Morgan fingerprint density at radius 1 is 0.947 bits per heavy atom. The third-order valence-electron chi connectivity index (χ3n) is 7.44. The third kappa shape index (κ3) is 3.26. The Kier molecular flexibility index (Phi) is 4.91.